The molecule has 21 heavy (non-hydrogen) atoms. The van der Waals surface area contributed by atoms with Crippen molar-refractivity contribution in [1.29, 1.82) is 0 Å². The lowest BCUT2D eigenvalue weighted by atomic mass is 9.82. The number of hydrogen-bond donors (Lipinski definition) is 2. The molecule has 1 aromatic carbocycles. The molecule has 2 N–H and O–H groups in total. The number of amides is 1. The third kappa shape index (κ3) is 4.46. The third-order valence-corrected chi connectivity index (χ3v) is 4.34. The Labute approximate surface area is 127 Å². The first kappa shape index (κ1) is 15.8. The quantitative estimate of drug-likeness (QED) is 0.724. The number of para-hydroxylation sites is 1. The van der Waals surface area contributed by atoms with E-state index >= 15 is 0 Å². The molecule has 1 aliphatic carbocycles. The van der Waals surface area contributed by atoms with E-state index in [1.54, 1.807) is 7.11 Å². The maximum absolute atomic E-state index is 12.5. The maximum atomic E-state index is 12.5. The van der Waals surface area contributed by atoms with Crippen molar-refractivity contribution in [2.24, 2.45) is 5.41 Å². The molecule has 4 heteroatoms. The van der Waals surface area contributed by atoms with Gasteiger partial charge in [-0.3, -0.25) is 4.79 Å². The third-order valence-electron chi connectivity index (χ3n) is 4.34. The van der Waals surface area contributed by atoms with Gasteiger partial charge in [-0.1, -0.05) is 31.0 Å². The van der Waals surface area contributed by atoms with Crippen molar-refractivity contribution in [3.8, 4) is 0 Å². The Kier molecular flexibility index (Phi) is 6.05. The van der Waals surface area contributed by atoms with Crippen molar-refractivity contribution in [1.82, 2.24) is 5.32 Å². The molecule has 1 amide bonds. The van der Waals surface area contributed by atoms with Crippen LogP contribution in [0, 0.1) is 5.41 Å². The number of anilines is 1. The van der Waals surface area contributed by atoms with Crippen molar-refractivity contribution in [3.63, 3.8) is 0 Å². The molecule has 0 atom stereocenters. The van der Waals surface area contributed by atoms with Gasteiger partial charge in [-0.25, -0.2) is 0 Å². The Morgan fingerprint density at radius 3 is 2.57 bits per heavy atom. The van der Waals surface area contributed by atoms with Gasteiger partial charge in [0, 0.05) is 32.5 Å². The van der Waals surface area contributed by atoms with Crippen LogP contribution in [0.4, 0.5) is 5.69 Å². The first-order chi connectivity index (χ1) is 10.3. The largest absolute Gasteiger partial charge is 0.385 e. The summed E-state index contributed by atoms with van der Waals surface area (Å²) in [6, 6.07) is 10.0. The van der Waals surface area contributed by atoms with E-state index in [1.807, 2.05) is 30.3 Å². The molecule has 0 spiro atoms. The first-order valence-corrected chi connectivity index (χ1v) is 7.83. The van der Waals surface area contributed by atoms with Crippen LogP contribution in [-0.2, 0) is 9.53 Å². The SMILES string of the molecule is COCCC1(C(=O)NCCNc2ccccc2)CCCC1. The topological polar surface area (TPSA) is 50.4 Å². The summed E-state index contributed by atoms with van der Waals surface area (Å²) in [5, 5.41) is 6.39. The lowest BCUT2D eigenvalue weighted by Gasteiger charge is -2.27. The van der Waals surface area contributed by atoms with Crippen LogP contribution in [0.25, 0.3) is 0 Å². The number of carbonyl (C=O) groups excluding carboxylic acids is 1. The van der Waals surface area contributed by atoms with E-state index < -0.39 is 0 Å². The van der Waals surface area contributed by atoms with Crippen molar-refractivity contribution in [2.75, 3.05) is 32.1 Å². The Morgan fingerprint density at radius 2 is 1.90 bits per heavy atom. The molecule has 0 bridgehead atoms. The van der Waals surface area contributed by atoms with Gasteiger partial charge in [0.05, 0.1) is 5.41 Å². The molecular formula is C17H26N2O2. The highest BCUT2D eigenvalue weighted by Gasteiger charge is 2.40. The monoisotopic (exact) mass is 290 g/mol. The van der Waals surface area contributed by atoms with Gasteiger partial charge in [0.15, 0.2) is 0 Å². The van der Waals surface area contributed by atoms with E-state index in [2.05, 4.69) is 10.6 Å². The zero-order valence-electron chi connectivity index (χ0n) is 12.9. The zero-order chi connectivity index (χ0) is 15.0. The molecule has 116 valence electrons. The van der Waals surface area contributed by atoms with Crippen LogP contribution in [0.2, 0.25) is 0 Å². The van der Waals surface area contributed by atoms with Crippen LogP contribution in [0.3, 0.4) is 0 Å². The van der Waals surface area contributed by atoms with E-state index in [0.29, 0.717) is 13.2 Å². The maximum Gasteiger partial charge on any atom is 0.226 e. The van der Waals surface area contributed by atoms with Crippen LogP contribution in [-0.4, -0.2) is 32.7 Å². The molecule has 0 aromatic heterocycles. The fourth-order valence-corrected chi connectivity index (χ4v) is 3.07. The molecule has 4 nitrogen and oxygen atoms in total. The zero-order valence-corrected chi connectivity index (χ0v) is 12.9. The van der Waals surface area contributed by atoms with Gasteiger partial charge in [0.25, 0.3) is 0 Å². The fourth-order valence-electron chi connectivity index (χ4n) is 3.07. The highest BCUT2D eigenvalue weighted by atomic mass is 16.5. The number of carbonyl (C=O) groups is 1. The van der Waals surface area contributed by atoms with Crippen LogP contribution < -0.4 is 10.6 Å². The van der Waals surface area contributed by atoms with Gasteiger partial charge in [0.1, 0.15) is 0 Å². The highest BCUT2D eigenvalue weighted by molar-refractivity contribution is 5.82. The summed E-state index contributed by atoms with van der Waals surface area (Å²) in [5.74, 6) is 0.201. The summed E-state index contributed by atoms with van der Waals surface area (Å²) in [5.41, 5.74) is 0.893. The van der Waals surface area contributed by atoms with E-state index in [-0.39, 0.29) is 11.3 Å². The van der Waals surface area contributed by atoms with E-state index in [1.165, 1.54) is 0 Å². The minimum atomic E-state index is -0.192. The van der Waals surface area contributed by atoms with Gasteiger partial charge in [-0.2, -0.15) is 0 Å². The average molecular weight is 290 g/mol. The molecule has 0 aliphatic heterocycles. The molecule has 1 aliphatic rings. The molecule has 0 saturated heterocycles. The van der Waals surface area contributed by atoms with Gasteiger partial charge in [-0.05, 0) is 31.4 Å². The van der Waals surface area contributed by atoms with Crippen molar-refractivity contribution in [2.45, 2.75) is 32.1 Å². The summed E-state index contributed by atoms with van der Waals surface area (Å²) in [4.78, 5) is 12.5. The Morgan fingerprint density at radius 1 is 1.19 bits per heavy atom. The number of rotatable bonds is 8. The Bertz CT molecular complexity index is 428. The predicted octanol–water partition coefficient (Wildman–Crippen LogP) is 2.81. The molecule has 0 radical (unpaired) electrons. The van der Waals surface area contributed by atoms with Gasteiger partial charge >= 0.3 is 0 Å². The predicted molar refractivity (Wildman–Crippen MR) is 85.3 cm³/mol. The van der Waals surface area contributed by atoms with Crippen LogP contribution in [0.5, 0.6) is 0 Å². The number of methoxy groups -OCH3 is 1. The van der Waals surface area contributed by atoms with Crippen LogP contribution in [0.15, 0.2) is 30.3 Å². The lowest BCUT2D eigenvalue weighted by Crippen LogP contribution is -2.41. The molecule has 0 unspecified atom stereocenters. The summed E-state index contributed by atoms with van der Waals surface area (Å²) in [6.45, 7) is 2.06. The number of nitrogens with one attached hydrogen (secondary N) is 2. The van der Waals surface area contributed by atoms with Crippen molar-refractivity contribution in [3.05, 3.63) is 30.3 Å². The molecule has 2 rings (SSSR count). The van der Waals surface area contributed by atoms with Crippen molar-refractivity contribution < 1.29 is 9.53 Å². The minimum Gasteiger partial charge on any atom is -0.385 e. The van der Waals surface area contributed by atoms with Crippen LogP contribution >= 0.6 is 0 Å². The highest BCUT2D eigenvalue weighted by Crippen LogP contribution is 2.41. The fraction of sp³-hybridized carbons (Fsp3) is 0.588. The second-order valence-electron chi connectivity index (χ2n) is 5.78. The van der Waals surface area contributed by atoms with E-state index in [9.17, 15) is 4.79 Å². The minimum absolute atomic E-state index is 0.192. The number of benzene rings is 1. The van der Waals surface area contributed by atoms with Gasteiger partial charge in [0.2, 0.25) is 5.91 Å². The first-order valence-electron chi connectivity index (χ1n) is 7.83. The summed E-state index contributed by atoms with van der Waals surface area (Å²) in [7, 11) is 1.70. The Hall–Kier alpha value is -1.55. The lowest BCUT2D eigenvalue weighted by molar-refractivity contribution is -0.131. The Balaban J connectivity index is 1.74. The molecule has 1 saturated carbocycles. The van der Waals surface area contributed by atoms with Gasteiger partial charge < -0.3 is 15.4 Å². The summed E-state index contributed by atoms with van der Waals surface area (Å²) < 4.78 is 5.17. The van der Waals surface area contributed by atoms with Gasteiger partial charge in [-0.15, -0.1) is 0 Å². The average Bonchev–Trinajstić information content (AvgIpc) is 3.00. The summed E-state index contributed by atoms with van der Waals surface area (Å²) >= 11 is 0. The van der Waals surface area contributed by atoms with Crippen molar-refractivity contribution >= 4 is 11.6 Å². The molecule has 0 heterocycles. The molecule has 1 aromatic rings. The number of hydrogen-bond acceptors (Lipinski definition) is 3. The standard InChI is InChI=1S/C17H26N2O2/c1-21-14-11-17(9-5-6-10-17)16(20)19-13-12-18-15-7-3-2-4-8-15/h2-4,7-8,18H,5-6,9-14H2,1H3,(H,19,20). The molecular weight excluding hydrogens is 264 g/mol. The second kappa shape index (κ2) is 8.03. The second-order valence-corrected chi connectivity index (χ2v) is 5.78. The number of ether oxygens (including phenoxy) is 1. The van der Waals surface area contributed by atoms with Crippen LogP contribution in [0.1, 0.15) is 32.1 Å². The smallest absolute Gasteiger partial charge is 0.226 e. The van der Waals surface area contributed by atoms with E-state index in [4.69, 9.17) is 4.74 Å². The van der Waals surface area contributed by atoms with E-state index in [0.717, 1.165) is 44.3 Å². The normalized spacial score (nSPS) is 16.6. The summed E-state index contributed by atoms with van der Waals surface area (Å²) in [6.07, 6.45) is 5.13. The molecule has 1 fully saturated rings.